The lowest BCUT2D eigenvalue weighted by atomic mass is 9.84. The molecule has 0 heterocycles. The van der Waals surface area contributed by atoms with Crippen LogP contribution in [0.2, 0.25) is 0 Å². The van der Waals surface area contributed by atoms with Gasteiger partial charge in [-0.15, -0.1) is 0 Å². The molecule has 2 N–H and O–H groups in total. The van der Waals surface area contributed by atoms with Crippen LogP contribution in [0.25, 0.3) is 0 Å². The molecule has 1 unspecified atom stereocenters. The average Bonchev–Trinajstić information content (AvgIpc) is 2.38. The molecule has 2 heteroatoms. The second kappa shape index (κ2) is 4.83. The molecule has 0 fully saturated rings. The Hall–Kier alpha value is -1.80. The van der Waals surface area contributed by atoms with E-state index in [1.165, 1.54) is 5.56 Å². The van der Waals surface area contributed by atoms with Crippen molar-refractivity contribution in [1.29, 1.82) is 0 Å². The summed E-state index contributed by atoms with van der Waals surface area (Å²) in [6.07, 6.45) is 0. The largest absolute Gasteiger partial charge is 0.496 e. The zero-order valence-corrected chi connectivity index (χ0v) is 11.1. The van der Waals surface area contributed by atoms with Crippen LogP contribution in [0.15, 0.2) is 48.5 Å². The number of rotatable bonds is 3. The Morgan fingerprint density at radius 1 is 1.06 bits per heavy atom. The van der Waals surface area contributed by atoms with Crippen LogP contribution < -0.4 is 10.5 Å². The summed E-state index contributed by atoms with van der Waals surface area (Å²) in [5.41, 5.74) is 9.26. The number of para-hydroxylation sites is 1. The van der Waals surface area contributed by atoms with Gasteiger partial charge in [0.15, 0.2) is 0 Å². The third kappa shape index (κ3) is 2.24. The second-order valence-electron chi connectivity index (χ2n) is 4.77. The number of methoxy groups -OCH3 is 1. The quantitative estimate of drug-likeness (QED) is 0.895. The first kappa shape index (κ1) is 12.7. The molecule has 2 nitrogen and oxygen atoms in total. The summed E-state index contributed by atoms with van der Waals surface area (Å²) >= 11 is 0. The van der Waals surface area contributed by atoms with Crippen molar-refractivity contribution in [2.24, 2.45) is 5.73 Å². The molecule has 0 aliphatic carbocycles. The molecule has 18 heavy (non-hydrogen) atoms. The number of hydrogen-bond acceptors (Lipinski definition) is 2. The maximum Gasteiger partial charge on any atom is 0.124 e. The highest BCUT2D eigenvalue weighted by molar-refractivity contribution is 5.46. The SMILES string of the molecule is COc1ccccc1C(C)(N)c1cccc(C)c1. The van der Waals surface area contributed by atoms with Crippen molar-refractivity contribution in [2.45, 2.75) is 19.4 Å². The third-order valence-corrected chi connectivity index (χ3v) is 3.28. The molecule has 2 aromatic carbocycles. The molecule has 2 aromatic rings. The molecular formula is C16H19NO. The van der Waals surface area contributed by atoms with E-state index < -0.39 is 5.54 Å². The van der Waals surface area contributed by atoms with Crippen molar-refractivity contribution in [3.05, 3.63) is 65.2 Å². The summed E-state index contributed by atoms with van der Waals surface area (Å²) in [4.78, 5) is 0. The van der Waals surface area contributed by atoms with Crippen LogP contribution in [0.4, 0.5) is 0 Å². The molecule has 0 aliphatic heterocycles. The van der Waals surface area contributed by atoms with Crippen molar-refractivity contribution < 1.29 is 4.74 Å². The van der Waals surface area contributed by atoms with Gasteiger partial charge < -0.3 is 10.5 Å². The molecule has 0 saturated carbocycles. The van der Waals surface area contributed by atoms with E-state index in [1.807, 2.05) is 37.3 Å². The summed E-state index contributed by atoms with van der Waals surface area (Å²) in [5, 5.41) is 0. The molecule has 0 bridgehead atoms. The fourth-order valence-electron chi connectivity index (χ4n) is 2.20. The van der Waals surface area contributed by atoms with E-state index in [-0.39, 0.29) is 0 Å². The first-order valence-electron chi connectivity index (χ1n) is 6.05. The Kier molecular flexibility index (Phi) is 3.39. The van der Waals surface area contributed by atoms with Gasteiger partial charge in [0.05, 0.1) is 12.6 Å². The Balaban J connectivity index is 2.54. The Morgan fingerprint density at radius 2 is 1.78 bits per heavy atom. The number of aryl methyl sites for hydroxylation is 1. The van der Waals surface area contributed by atoms with Crippen LogP contribution in [-0.2, 0) is 5.54 Å². The minimum absolute atomic E-state index is 0.557. The monoisotopic (exact) mass is 241 g/mol. The maximum absolute atomic E-state index is 6.52. The van der Waals surface area contributed by atoms with Crippen LogP contribution in [0.1, 0.15) is 23.6 Å². The van der Waals surface area contributed by atoms with Gasteiger partial charge in [-0.1, -0.05) is 48.0 Å². The summed E-state index contributed by atoms with van der Waals surface area (Å²) in [6.45, 7) is 4.08. The van der Waals surface area contributed by atoms with E-state index in [0.29, 0.717) is 0 Å². The zero-order chi connectivity index (χ0) is 13.2. The van der Waals surface area contributed by atoms with Gasteiger partial charge >= 0.3 is 0 Å². The van der Waals surface area contributed by atoms with Gasteiger partial charge in [-0.25, -0.2) is 0 Å². The highest BCUT2D eigenvalue weighted by atomic mass is 16.5. The third-order valence-electron chi connectivity index (χ3n) is 3.28. The van der Waals surface area contributed by atoms with Crippen molar-refractivity contribution in [3.63, 3.8) is 0 Å². The number of nitrogens with two attached hydrogens (primary N) is 1. The topological polar surface area (TPSA) is 35.2 Å². The molecule has 2 rings (SSSR count). The minimum atomic E-state index is -0.557. The van der Waals surface area contributed by atoms with E-state index in [9.17, 15) is 0 Å². The van der Waals surface area contributed by atoms with Crippen molar-refractivity contribution >= 4 is 0 Å². The highest BCUT2D eigenvalue weighted by Gasteiger charge is 2.26. The van der Waals surface area contributed by atoms with Gasteiger partial charge in [0.25, 0.3) is 0 Å². The smallest absolute Gasteiger partial charge is 0.124 e. The summed E-state index contributed by atoms with van der Waals surface area (Å²) in [5.74, 6) is 0.823. The molecular weight excluding hydrogens is 222 g/mol. The molecule has 1 atom stereocenters. The van der Waals surface area contributed by atoms with Gasteiger partial charge in [-0.3, -0.25) is 0 Å². The lowest BCUT2D eigenvalue weighted by Crippen LogP contribution is -2.34. The molecule has 0 amide bonds. The average molecular weight is 241 g/mol. The second-order valence-corrected chi connectivity index (χ2v) is 4.77. The van der Waals surface area contributed by atoms with Crippen LogP contribution >= 0.6 is 0 Å². The number of ether oxygens (including phenoxy) is 1. The first-order valence-corrected chi connectivity index (χ1v) is 6.05. The molecule has 0 aliphatic rings. The zero-order valence-electron chi connectivity index (χ0n) is 11.1. The van der Waals surface area contributed by atoms with Gasteiger partial charge in [0, 0.05) is 5.56 Å². The lowest BCUT2D eigenvalue weighted by Gasteiger charge is -2.28. The minimum Gasteiger partial charge on any atom is -0.496 e. The predicted octanol–water partition coefficient (Wildman–Crippen LogP) is 3.23. The van der Waals surface area contributed by atoms with E-state index in [2.05, 4.69) is 25.1 Å². The molecule has 0 radical (unpaired) electrons. The van der Waals surface area contributed by atoms with Crippen LogP contribution in [0, 0.1) is 6.92 Å². The van der Waals surface area contributed by atoms with E-state index in [1.54, 1.807) is 7.11 Å². The summed E-state index contributed by atoms with van der Waals surface area (Å²) in [7, 11) is 1.67. The Bertz CT molecular complexity index is 546. The van der Waals surface area contributed by atoms with E-state index in [0.717, 1.165) is 16.9 Å². The van der Waals surface area contributed by atoms with Gasteiger partial charge in [-0.2, -0.15) is 0 Å². The summed E-state index contributed by atoms with van der Waals surface area (Å²) in [6, 6.07) is 16.2. The molecule has 0 spiro atoms. The highest BCUT2D eigenvalue weighted by Crippen LogP contribution is 2.33. The summed E-state index contributed by atoms with van der Waals surface area (Å²) < 4.78 is 5.40. The van der Waals surface area contributed by atoms with Crippen LogP contribution in [-0.4, -0.2) is 7.11 Å². The fraction of sp³-hybridized carbons (Fsp3) is 0.250. The van der Waals surface area contributed by atoms with Crippen LogP contribution in [0.3, 0.4) is 0 Å². The van der Waals surface area contributed by atoms with Crippen LogP contribution in [0.5, 0.6) is 5.75 Å². The Morgan fingerprint density at radius 3 is 2.44 bits per heavy atom. The molecule has 0 saturated heterocycles. The number of benzene rings is 2. The van der Waals surface area contributed by atoms with Crippen molar-refractivity contribution in [1.82, 2.24) is 0 Å². The normalized spacial score (nSPS) is 14.0. The van der Waals surface area contributed by atoms with Gasteiger partial charge in [-0.05, 0) is 25.5 Å². The van der Waals surface area contributed by atoms with Crippen molar-refractivity contribution in [2.75, 3.05) is 7.11 Å². The predicted molar refractivity (Wildman–Crippen MR) is 74.8 cm³/mol. The number of hydrogen-bond donors (Lipinski definition) is 1. The van der Waals surface area contributed by atoms with E-state index >= 15 is 0 Å². The van der Waals surface area contributed by atoms with E-state index in [4.69, 9.17) is 10.5 Å². The fourth-order valence-corrected chi connectivity index (χ4v) is 2.20. The lowest BCUT2D eigenvalue weighted by molar-refractivity contribution is 0.399. The standard InChI is InChI=1S/C16H19NO/c1-12-7-6-8-13(11-12)16(2,17)14-9-4-5-10-15(14)18-3/h4-11H,17H2,1-3H3. The van der Waals surface area contributed by atoms with Gasteiger partial charge in [0.1, 0.15) is 5.75 Å². The molecule has 0 aromatic heterocycles. The first-order chi connectivity index (χ1) is 8.55. The maximum atomic E-state index is 6.52. The Labute approximate surface area is 108 Å². The van der Waals surface area contributed by atoms with Crippen molar-refractivity contribution in [3.8, 4) is 5.75 Å². The molecule has 94 valence electrons. The van der Waals surface area contributed by atoms with Gasteiger partial charge in [0.2, 0.25) is 0 Å².